The van der Waals surface area contributed by atoms with E-state index in [1.807, 2.05) is 6.92 Å². The van der Waals surface area contributed by atoms with Crippen LogP contribution in [0.3, 0.4) is 0 Å². The lowest BCUT2D eigenvalue weighted by atomic mass is 9.93. The van der Waals surface area contributed by atoms with Crippen molar-refractivity contribution in [3.63, 3.8) is 0 Å². The molecule has 34 heavy (non-hydrogen) atoms. The summed E-state index contributed by atoms with van der Waals surface area (Å²) in [6, 6.07) is 6.00. The maximum Gasteiger partial charge on any atom is 0.416 e. The molecule has 0 bridgehead atoms. The number of likely N-dealkylation sites (tertiary alicyclic amines) is 2. The fourth-order valence-electron chi connectivity index (χ4n) is 5.56. The molecule has 1 aliphatic carbocycles. The van der Waals surface area contributed by atoms with Crippen LogP contribution in [-0.2, 0) is 6.18 Å². The van der Waals surface area contributed by atoms with Crippen molar-refractivity contribution in [2.75, 3.05) is 26.2 Å². The van der Waals surface area contributed by atoms with Gasteiger partial charge in [-0.3, -0.25) is 9.48 Å². The molecule has 3 aliphatic rings. The Bertz CT molecular complexity index is 1080. The Balaban J connectivity index is 1.34. The van der Waals surface area contributed by atoms with Gasteiger partial charge in [-0.05, 0) is 50.7 Å². The predicted molar refractivity (Wildman–Crippen MR) is 124 cm³/mol. The van der Waals surface area contributed by atoms with Gasteiger partial charge in [-0.1, -0.05) is 24.8 Å². The SMILES string of the molecule is C=C(C)N1CCC(n2ncc(C(=O)N3CC[C@@H](c4ccccc4C(F)(F)F)C3)c2C2CC2)CC1. The van der Waals surface area contributed by atoms with E-state index in [-0.39, 0.29) is 23.4 Å². The Kier molecular flexibility index (Phi) is 5.94. The number of amides is 1. The van der Waals surface area contributed by atoms with Gasteiger partial charge < -0.3 is 9.80 Å². The van der Waals surface area contributed by atoms with Crippen LogP contribution in [0.5, 0.6) is 0 Å². The summed E-state index contributed by atoms with van der Waals surface area (Å²) in [6.07, 6.45) is 1.86. The van der Waals surface area contributed by atoms with Gasteiger partial charge in [-0.15, -0.1) is 0 Å². The van der Waals surface area contributed by atoms with Crippen LogP contribution in [0.1, 0.15) is 84.1 Å². The highest BCUT2D eigenvalue weighted by molar-refractivity contribution is 5.95. The number of piperidine rings is 1. The van der Waals surface area contributed by atoms with Crippen LogP contribution in [-0.4, -0.2) is 51.7 Å². The number of rotatable bonds is 5. The number of hydrogen-bond acceptors (Lipinski definition) is 3. The van der Waals surface area contributed by atoms with Gasteiger partial charge in [0.05, 0.1) is 29.1 Å². The van der Waals surface area contributed by atoms with Gasteiger partial charge in [0.2, 0.25) is 0 Å². The normalized spacial score (nSPS) is 21.8. The summed E-state index contributed by atoms with van der Waals surface area (Å²) >= 11 is 0. The van der Waals surface area contributed by atoms with Crippen molar-refractivity contribution < 1.29 is 18.0 Å². The Hall–Kier alpha value is -2.77. The minimum absolute atomic E-state index is 0.0977. The summed E-state index contributed by atoms with van der Waals surface area (Å²) in [5, 5.41) is 4.67. The van der Waals surface area contributed by atoms with Crippen molar-refractivity contribution in [2.24, 2.45) is 0 Å². The molecule has 2 aliphatic heterocycles. The number of carbonyl (C=O) groups excluding carboxylic acids is 1. The van der Waals surface area contributed by atoms with Gasteiger partial charge in [0.1, 0.15) is 0 Å². The lowest BCUT2D eigenvalue weighted by Crippen LogP contribution is -2.34. The monoisotopic (exact) mass is 472 g/mol. The molecule has 3 fully saturated rings. The fraction of sp³-hybridized carbons (Fsp3) is 0.538. The van der Waals surface area contributed by atoms with E-state index in [1.165, 1.54) is 6.07 Å². The first-order valence-electron chi connectivity index (χ1n) is 12.2. The van der Waals surface area contributed by atoms with E-state index in [2.05, 4.69) is 21.3 Å². The second-order valence-corrected chi connectivity index (χ2v) is 9.94. The van der Waals surface area contributed by atoms with Gasteiger partial charge in [-0.2, -0.15) is 18.3 Å². The van der Waals surface area contributed by atoms with Crippen molar-refractivity contribution in [3.05, 3.63) is 65.1 Å². The molecule has 5 rings (SSSR count). The first kappa shape index (κ1) is 23.0. The Morgan fingerprint density at radius 1 is 1.00 bits per heavy atom. The second kappa shape index (κ2) is 8.78. The zero-order chi connectivity index (χ0) is 24.0. The fourth-order valence-corrected chi connectivity index (χ4v) is 5.56. The highest BCUT2D eigenvalue weighted by Gasteiger charge is 2.40. The second-order valence-electron chi connectivity index (χ2n) is 9.94. The van der Waals surface area contributed by atoms with Crippen molar-refractivity contribution in [2.45, 2.75) is 63.1 Å². The third-order valence-electron chi connectivity index (χ3n) is 7.56. The molecule has 1 saturated carbocycles. The van der Waals surface area contributed by atoms with E-state index >= 15 is 0 Å². The molecular formula is C26H31F3N4O. The first-order valence-corrected chi connectivity index (χ1v) is 12.2. The number of aromatic nitrogens is 2. The molecule has 1 aromatic carbocycles. The van der Waals surface area contributed by atoms with Crippen molar-refractivity contribution >= 4 is 5.91 Å². The van der Waals surface area contributed by atoms with Crippen LogP contribution in [0.4, 0.5) is 13.2 Å². The number of allylic oxidation sites excluding steroid dienone is 1. The molecule has 1 aromatic heterocycles. The van der Waals surface area contributed by atoms with Crippen LogP contribution in [0, 0.1) is 0 Å². The van der Waals surface area contributed by atoms with Gasteiger partial charge in [-0.25, -0.2) is 0 Å². The lowest BCUT2D eigenvalue weighted by molar-refractivity contribution is -0.138. The number of hydrogen-bond donors (Lipinski definition) is 0. The highest BCUT2D eigenvalue weighted by Crippen LogP contribution is 2.44. The number of benzene rings is 1. The van der Waals surface area contributed by atoms with E-state index in [0.29, 0.717) is 31.0 Å². The highest BCUT2D eigenvalue weighted by atomic mass is 19.4. The van der Waals surface area contributed by atoms with Crippen molar-refractivity contribution in [1.29, 1.82) is 0 Å². The molecule has 2 saturated heterocycles. The third kappa shape index (κ3) is 4.34. The van der Waals surface area contributed by atoms with Gasteiger partial charge in [0, 0.05) is 43.7 Å². The lowest BCUT2D eigenvalue weighted by Gasteiger charge is -2.34. The minimum Gasteiger partial charge on any atom is -0.375 e. The zero-order valence-corrected chi connectivity index (χ0v) is 19.5. The Morgan fingerprint density at radius 3 is 2.32 bits per heavy atom. The summed E-state index contributed by atoms with van der Waals surface area (Å²) in [4.78, 5) is 17.5. The summed E-state index contributed by atoms with van der Waals surface area (Å²) in [5.41, 5.74) is 2.43. The quantitative estimate of drug-likeness (QED) is 0.571. The van der Waals surface area contributed by atoms with E-state index in [9.17, 15) is 18.0 Å². The Morgan fingerprint density at radius 2 is 1.68 bits per heavy atom. The maximum atomic E-state index is 13.5. The summed E-state index contributed by atoms with van der Waals surface area (Å²) < 4.78 is 42.6. The van der Waals surface area contributed by atoms with Crippen LogP contribution < -0.4 is 0 Å². The standard InChI is InChI=1S/C26H31F3N4O/c1-17(2)31-13-10-20(11-14-31)33-24(18-7-8-18)22(15-30-33)25(34)32-12-9-19(16-32)21-5-3-4-6-23(21)26(27,28)29/h3-6,15,18-20H,1,7-14,16H2,2H3/t19-/m1/s1. The Labute approximate surface area is 198 Å². The molecular weight excluding hydrogens is 441 g/mol. The molecule has 1 amide bonds. The number of carbonyl (C=O) groups is 1. The number of alkyl halides is 3. The summed E-state index contributed by atoms with van der Waals surface area (Å²) in [6.45, 7) is 8.69. The van der Waals surface area contributed by atoms with E-state index in [0.717, 1.165) is 56.2 Å². The summed E-state index contributed by atoms with van der Waals surface area (Å²) in [7, 11) is 0. The van der Waals surface area contributed by atoms with E-state index in [4.69, 9.17) is 0 Å². The molecule has 0 spiro atoms. The third-order valence-corrected chi connectivity index (χ3v) is 7.56. The predicted octanol–water partition coefficient (Wildman–Crippen LogP) is 5.58. The van der Waals surface area contributed by atoms with Crippen molar-refractivity contribution in [3.8, 4) is 0 Å². The molecule has 3 heterocycles. The number of nitrogens with zero attached hydrogens (tertiary/aromatic N) is 4. The molecule has 5 nitrogen and oxygen atoms in total. The molecule has 0 unspecified atom stereocenters. The average molecular weight is 473 g/mol. The molecule has 0 N–H and O–H groups in total. The van der Waals surface area contributed by atoms with Crippen LogP contribution in [0.2, 0.25) is 0 Å². The largest absolute Gasteiger partial charge is 0.416 e. The molecule has 0 radical (unpaired) electrons. The van der Waals surface area contributed by atoms with Crippen LogP contribution >= 0.6 is 0 Å². The smallest absolute Gasteiger partial charge is 0.375 e. The molecule has 1 atom stereocenters. The topological polar surface area (TPSA) is 41.4 Å². The molecule has 2 aromatic rings. The van der Waals surface area contributed by atoms with E-state index < -0.39 is 11.7 Å². The van der Waals surface area contributed by atoms with Crippen LogP contribution in [0.15, 0.2) is 42.7 Å². The van der Waals surface area contributed by atoms with Gasteiger partial charge in [0.15, 0.2) is 0 Å². The van der Waals surface area contributed by atoms with Crippen LogP contribution in [0.25, 0.3) is 0 Å². The minimum atomic E-state index is -4.39. The molecule has 8 heteroatoms. The van der Waals surface area contributed by atoms with Crippen molar-refractivity contribution in [1.82, 2.24) is 19.6 Å². The number of halogens is 3. The summed E-state index contributed by atoms with van der Waals surface area (Å²) in [5.74, 6) is -0.0582. The first-order chi connectivity index (χ1) is 16.2. The van der Waals surface area contributed by atoms with Gasteiger partial charge >= 0.3 is 6.18 Å². The van der Waals surface area contributed by atoms with E-state index in [1.54, 1.807) is 23.2 Å². The zero-order valence-electron chi connectivity index (χ0n) is 19.5. The molecule has 182 valence electrons. The van der Waals surface area contributed by atoms with Gasteiger partial charge in [0.25, 0.3) is 5.91 Å². The maximum absolute atomic E-state index is 13.5. The average Bonchev–Trinajstić information content (AvgIpc) is 3.36.